The van der Waals surface area contributed by atoms with Gasteiger partial charge in [-0.05, 0) is 37.3 Å². The van der Waals surface area contributed by atoms with Crippen LogP contribution in [0.3, 0.4) is 0 Å². The molecule has 0 aliphatic heterocycles. The van der Waals surface area contributed by atoms with E-state index in [1.165, 1.54) is 6.07 Å². The van der Waals surface area contributed by atoms with Gasteiger partial charge < -0.3 is 20.5 Å². The molecule has 0 aromatic heterocycles. The molecule has 0 saturated heterocycles. The van der Waals surface area contributed by atoms with Crippen LogP contribution in [0.4, 0.5) is 18.9 Å². The summed E-state index contributed by atoms with van der Waals surface area (Å²) in [7, 11) is 0. The summed E-state index contributed by atoms with van der Waals surface area (Å²) < 4.78 is 49.9. The average Bonchev–Trinajstić information content (AvgIpc) is 2.61. The van der Waals surface area contributed by atoms with E-state index in [1.807, 2.05) is 0 Å². The molecule has 3 N–H and O–H groups in total. The molecule has 2 aromatic carbocycles. The molecule has 2 aromatic rings. The molecule has 5 nitrogen and oxygen atoms in total. The maximum Gasteiger partial charge on any atom is 0.417 e. The van der Waals surface area contributed by atoms with E-state index in [1.54, 1.807) is 25.1 Å². The Bertz CT molecular complexity index is 813. The van der Waals surface area contributed by atoms with Gasteiger partial charge >= 0.3 is 6.18 Å². The van der Waals surface area contributed by atoms with Crippen LogP contribution in [-0.4, -0.2) is 25.7 Å². The number of carbonyl (C=O) groups is 1. The molecule has 0 atom stereocenters. The van der Waals surface area contributed by atoms with Crippen molar-refractivity contribution in [1.82, 2.24) is 0 Å². The highest BCUT2D eigenvalue weighted by Crippen LogP contribution is 2.36. The Balaban J connectivity index is 2.37. The molecule has 0 unspecified atom stereocenters. The van der Waals surface area contributed by atoms with E-state index in [0.29, 0.717) is 6.61 Å². The number of ether oxygens (including phenoxy) is 2. The van der Waals surface area contributed by atoms with E-state index in [2.05, 4.69) is 5.32 Å². The Hall–Kier alpha value is -2.45. The first kappa shape index (κ1) is 20.9. The predicted octanol–water partition coefficient (Wildman–Crippen LogP) is 4.35. The predicted molar refractivity (Wildman–Crippen MR) is 96.6 cm³/mol. The van der Waals surface area contributed by atoms with Gasteiger partial charge in [-0.25, -0.2) is 0 Å². The molecule has 1 amide bonds. The summed E-state index contributed by atoms with van der Waals surface area (Å²) in [5.41, 5.74) is 4.38. The summed E-state index contributed by atoms with van der Waals surface area (Å²) >= 11 is 5.60. The zero-order chi connectivity index (χ0) is 20.0. The second-order valence-corrected chi connectivity index (χ2v) is 5.75. The minimum Gasteiger partial charge on any atom is -0.493 e. The third kappa shape index (κ3) is 5.27. The molecule has 0 aliphatic rings. The number of hydrogen-bond donors (Lipinski definition) is 2. The fourth-order valence-corrected chi connectivity index (χ4v) is 2.54. The van der Waals surface area contributed by atoms with Crippen LogP contribution in [0.1, 0.15) is 22.8 Å². The number of carbonyl (C=O) groups excluding carboxylic acids is 1. The van der Waals surface area contributed by atoms with Gasteiger partial charge in [-0.15, -0.1) is 0 Å². The van der Waals surface area contributed by atoms with Gasteiger partial charge in [-0.3, -0.25) is 4.79 Å². The van der Waals surface area contributed by atoms with Gasteiger partial charge in [0, 0.05) is 12.2 Å². The van der Waals surface area contributed by atoms with Crippen molar-refractivity contribution in [1.29, 1.82) is 0 Å². The normalized spacial score (nSPS) is 11.2. The van der Waals surface area contributed by atoms with Gasteiger partial charge in [0.25, 0.3) is 5.91 Å². The number of benzene rings is 2. The lowest BCUT2D eigenvalue weighted by atomic mass is 10.1. The Morgan fingerprint density at radius 1 is 1.19 bits per heavy atom. The van der Waals surface area contributed by atoms with Gasteiger partial charge in [0.2, 0.25) is 0 Å². The van der Waals surface area contributed by atoms with Crippen LogP contribution < -0.4 is 20.5 Å². The monoisotopic (exact) mass is 402 g/mol. The van der Waals surface area contributed by atoms with Gasteiger partial charge in [-0.1, -0.05) is 17.7 Å². The zero-order valence-corrected chi connectivity index (χ0v) is 15.2. The Morgan fingerprint density at radius 3 is 2.44 bits per heavy atom. The molecule has 0 saturated carbocycles. The molecule has 0 fully saturated rings. The molecule has 0 spiro atoms. The third-order valence-electron chi connectivity index (χ3n) is 3.42. The number of rotatable bonds is 7. The van der Waals surface area contributed by atoms with Gasteiger partial charge in [0.1, 0.15) is 23.7 Å². The van der Waals surface area contributed by atoms with Crippen molar-refractivity contribution in [3.05, 3.63) is 52.5 Å². The minimum absolute atomic E-state index is 0.0622. The van der Waals surface area contributed by atoms with Crippen LogP contribution in [0.5, 0.6) is 11.5 Å². The highest BCUT2D eigenvalue weighted by Gasteiger charge is 2.33. The second-order valence-electron chi connectivity index (χ2n) is 5.35. The lowest BCUT2D eigenvalue weighted by Crippen LogP contribution is -2.18. The molecule has 0 bridgehead atoms. The van der Waals surface area contributed by atoms with Crippen LogP contribution in [0, 0.1) is 0 Å². The first-order chi connectivity index (χ1) is 12.8. The number of nitrogens with one attached hydrogen (secondary N) is 1. The SMILES string of the molecule is CCOc1cccc(OCCN)c1C(=O)Nc1ccc(Cl)c(C(F)(F)F)c1. The quantitative estimate of drug-likeness (QED) is 0.722. The number of halogens is 4. The Labute approximate surface area is 159 Å². The van der Waals surface area contributed by atoms with Crippen molar-refractivity contribution in [3.8, 4) is 11.5 Å². The zero-order valence-electron chi connectivity index (χ0n) is 14.4. The van der Waals surface area contributed by atoms with Crippen molar-refractivity contribution in [2.75, 3.05) is 25.1 Å². The summed E-state index contributed by atoms with van der Waals surface area (Å²) in [6.07, 6.45) is -4.64. The summed E-state index contributed by atoms with van der Waals surface area (Å²) in [6.45, 7) is 2.42. The summed E-state index contributed by atoms with van der Waals surface area (Å²) in [6, 6.07) is 7.87. The van der Waals surface area contributed by atoms with Crippen molar-refractivity contribution < 1.29 is 27.4 Å². The molecular weight excluding hydrogens is 385 g/mol. The van der Waals surface area contributed by atoms with Crippen LogP contribution in [0.2, 0.25) is 5.02 Å². The highest BCUT2D eigenvalue weighted by molar-refractivity contribution is 6.31. The molecule has 27 heavy (non-hydrogen) atoms. The van der Waals surface area contributed by atoms with E-state index in [9.17, 15) is 18.0 Å². The van der Waals surface area contributed by atoms with E-state index in [-0.39, 0.29) is 35.9 Å². The van der Waals surface area contributed by atoms with Crippen molar-refractivity contribution in [3.63, 3.8) is 0 Å². The average molecular weight is 403 g/mol. The van der Waals surface area contributed by atoms with Crippen molar-refractivity contribution in [2.24, 2.45) is 5.73 Å². The number of hydrogen-bond acceptors (Lipinski definition) is 4. The molecule has 0 radical (unpaired) electrons. The first-order valence-electron chi connectivity index (χ1n) is 8.04. The molecular formula is C18H18ClF3N2O3. The van der Waals surface area contributed by atoms with E-state index in [0.717, 1.165) is 12.1 Å². The molecule has 146 valence electrons. The smallest absolute Gasteiger partial charge is 0.417 e. The van der Waals surface area contributed by atoms with Crippen molar-refractivity contribution >= 4 is 23.2 Å². The number of amides is 1. The second kappa shape index (κ2) is 8.96. The van der Waals surface area contributed by atoms with Crippen LogP contribution in [-0.2, 0) is 6.18 Å². The molecule has 0 heterocycles. The van der Waals surface area contributed by atoms with Crippen LogP contribution >= 0.6 is 11.6 Å². The van der Waals surface area contributed by atoms with Gasteiger partial charge in [0.15, 0.2) is 0 Å². The van der Waals surface area contributed by atoms with Crippen molar-refractivity contribution in [2.45, 2.75) is 13.1 Å². The maximum absolute atomic E-state index is 13.0. The van der Waals surface area contributed by atoms with Gasteiger partial charge in [0.05, 0.1) is 17.2 Å². The van der Waals surface area contributed by atoms with E-state index >= 15 is 0 Å². The van der Waals surface area contributed by atoms with Crippen LogP contribution in [0.25, 0.3) is 0 Å². The summed E-state index contributed by atoms with van der Waals surface area (Å²) in [5.74, 6) is -0.218. The lowest BCUT2D eigenvalue weighted by molar-refractivity contribution is -0.137. The number of nitrogens with two attached hydrogens (primary N) is 1. The molecule has 0 aliphatic carbocycles. The standard InChI is InChI=1S/C18H18ClF3N2O3/c1-2-26-14-4-3-5-15(27-9-8-23)16(14)17(25)24-11-6-7-13(19)12(10-11)18(20,21)22/h3-7,10H,2,8-9,23H2,1H3,(H,24,25). The highest BCUT2D eigenvalue weighted by atomic mass is 35.5. The van der Waals surface area contributed by atoms with Gasteiger partial charge in [-0.2, -0.15) is 13.2 Å². The largest absolute Gasteiger partial charge is 0.493 e. The van der Waals surface area contributed by atoms with E-state index in [4.69, 9.17) is 26.8 Å². The summed E-state index contributed by atoms with van der Waals surface area (Å²) in [4.78, 5) is 12.7. The maximum atomic E-state index is 13.0. The first-order valence-corrected chi connectivity index (χ1v) is 8.42. The minimum atomic E-state index is -4.64. The number of alkyl halides is 3. The third-order valence-corrected chi connectivity index (χ3v) is 3.75. The summed E-state index contributed by atoms with van der Waals surface area (Å²) in [5, 5.41) is 1.97. The molecule has 2 rings (SSSR count). The fraction of sp³-hybridized carbons (Fsp3) is 0.278. The topological polar surface area (TPSA) is 73.6 Å². The molecule has 9 heteroatoms. The fourth-order valence-electron chi connectivity index (χ4n) is 2.31. The Morgan fingerprint density at radius 2 is 1.85 bits per heavy atom. The lowest BCUT2D eigenvalue weighted by Gasteiger charge is -2.16. The van der Waals surface area contributed by atoms with E-state index < -0.39 is 22.7 Å². The number of anilines is 1. The Kier molecular flexibility index (Phi) is 6.92. The van der Waals surface area contributed by atoms with Crippen LogP contribution in [0.15, 0.2) is 36.4 Å².